The molecule has 2 N–H and O–H groups in total. The van der Waals surface area contributed by atoms with Crippen LogP contribution >= 0.6 is 0 Å². The number of amides is 2. The van der Waals surface area contributed by atoms with Crippen molar-refractivity contribution < 1.29 is 13.9 Å². The van der Waals surface area contributed by atoms with Crippen LogP contribution in [0.4, 0.5) is 20.8 Å². The molecular formula is C29H41FN6O2. The Morgan fingerprint density at radius 2 is 1.55 bits per heavy atom. The maximum absolute atomic E-state index is 13.6. The summed E-state index contributed by atoms with van der Waals surface area (Å²) in [5, 5.41) is 5.71. The summed E-state index contributed by atoms with van der Waals surface area (Å²) in [4.78, 5) is 23.9. The maximum Gasteiger partial charge on any atom is 0.314 e. The molecular weight excluding hydrogens is 483 g/mol. The van der Waals surface area contributed by atoms with Crippen LogP contribution in [0.25, 0.3) is 11.1 Å². The fourth-order valence-electron chi connectivity index (χ4n) is 5.85. The Balaban J connectivity index is 1.17. The Labute approximate surface area is 225 Å². The molecule has 1 saturated carbocycles. The van der Waals surface area contributed by atoms with Gasteiger partial charge < -0.3 is 25.2 Å². The number of hydrogen-bond acceptors (Lipinski definition) is 6. The Morgan fingerprint density at radius 1 is 0.921 bits per heavy atom. The van der Waals surface area contributed by atoms with Crippen molar-refractivity contribution in [1.29, 1.82) is 0 Å². The molecule has 5 rings (SSSR count). The van der Waals surface area contributed by atoms with Crippen LogP contribution in [0.2, 0.25) is 0 Å². The minimum absolute atomic E-state index is 0.0684. The summed E-state index contributed by atoms with van der Waals surface area (Å²) in [5.74, 6) is 2.49. The fraction of sp³-hybridized carbons (Fsp3) is 0.586. The summed E-state index contributed by atoms with van der Waals surface area (Å²) in [6, 6.07) is 11.3. The SMILES string of the molecule is CNC(=O)NC1CCC(CCN2CCN(c3cc(-c4ccc(F)cc4)cc(N4CCOCC4)n3)CC2)CC1. The molecule has 2 saturated heterocycles. The van der Waals surface area contributed by atoms with Crippen LogP contribution in [0.15, 0.2) is 36.4 Å². The van der Waals surface area contributed by atoms with Gasteiger partial charge in [0.05, 0.1) is 13.2 Å². The number of urea groups is 1. The molecule has 0 bridgehead atoms. The van der Waals surface area contributed by atoms with Gasteiger partial charge in [0.15, 0.2) is 0 Å². The lowest BCUT2D eigenvalue weighted by molar-refractivity contribution is 0.122. The summed E-state index contributed by atoms with van der Waals surface area (Å²) in [7, 11) is 1.67. The van der Waals surface area contributed by atoms with Gasteiger partial charge in [-0.3, -0.25) is 4.90 Å². The highest BCUT2D eigenvalue weighted by Gasteiger charge is 2.25. The van der Waals surface area contributed by atoms with E-state index in [1.54, 1.807) is 7.05 Å². The van der Waals surface area contributed by atoms with Gasteiger partial charge in [-0.15, -0.1) is 0 Å². The van der Waals surface area contributed by atoms with E-state index in [0.29, 0.717) is 19.3 Å². The molecule has 3 heterocycles. The van der Waals surface area contributed by atoms with E-state index in [9.17, 15) is 9.18 Å². The summed E-state index contributed by atoms with van der Waals surface area (Å²) < 4.78 is 19.1. The molecule has 0 unspecified atom stereocenters. The van der Waals surface area contributed by atoms with Crippen molar-refractivity contribution in [2.45, 2.75) is 38.1 Å². The smallest absolute Gasteiger partial charge is 0.314 e. The topological polar surface area (TPSA) is 73.0 Å². The number of nitrogens with zero attached hydrogens (tertiary/aromatic N) is 4. The van der Waals surface area contributed by atoms with Crippen LogP contribution in [0.1, 0.15) is 32.1 Å². The van der Waals surface area contributed by atoms with Crippen LogP contribution in [0.5, 0.6) is 0 Å². The quantitative estimate of drug-likeness (QED) is 0.575. The zero-order valence-electron chi connectivity index (χ0n) is 22.5. The lowest BCUT2D eigenvalue weighted by atomic mass is 9.84. The molecule has 0 atom stereocenters. The number of morpholine rings is 1. The number of ether oxygens (including phenoxy) is 1. The Bertz CT molecular complexity index is 1050. The van der Waals surface area contributed by atoms with Crippen LogP contribution in [0.3, 0.4) is 0 Å². The number of piperazine rings is 1. The van der Waals surface area contributed by atoms with Crippen LogP contribution in [-0.4, -0.2) is 88.0 Å². The minimum Gasteiger partial charge on any atom is -0.378 e. The predicted molar refractivity (Wildman–Crippen MR) is 149 cm³/mol. The maximum atomic E-state index is 13.6. The zero-order chi connectivity index (χ0) is 26.3. The van der Waals surface area contributed by atoms with Crippen molar-refractivity contribution in [3.05, 3.63) is 42.2 Å². The number of anilines is 2. The number of nitrogens with one attached hydrogen (secondary N) is 2. The van der Waals surface area contributed by atoms with E-state index in [4.69, 9.17) is 9.72 Å². The molecule has 8 nitrogen and oxygen atoms in total. The van der Waals surface area contributed by atoms with Gasteiger partial charge in [0.1, 0.15) is 17.5 Å². The van der Waals surface area contributed by atoms with Gasteiger partial charge in [-0.1, -0.05) is 12.1 Å². The number of hydrogen-bond donors (Lipinski definition) is 2. The second kappa shape index (κ2) is 12.8. The third-order valence-electron chi connectivity index (χ3n) is 8.27. The molecule has 0 radical (unpaired) electrons. The lowest BCUT2D eigenvalue weighted by Gasteiger charge is -2.37. The molecule has 2 aliphatic heterocycles. The summed E-state index contributed by atoms with van der Waals surface area (Å²) >= 11 is 0. The number of carbonyl (C=O) groups is 1. The van der Waals surface area contributed by atoms with Crippen molar-refractivity contribution in [1.82, 2.24) is 20.5 Å². The molecule has 2 amide bonds. The first kappa shape index (κ1) is 26.7. The van der Waals surface area contributed by atoms with E-state index in [1.807, 2.05) is 12.1 Å². The summed E-state index contributed by atoms with van der Waals surface area (Å²) in [6.45, 7) is 8.18. The van der Waals surface area contributed by atoms with E-state index in [2.05, 4.69) is 37.5 Å². The number of rotatable bonds is 7. The molecule has 3 fully saturated rings. The van der Waals surface area contributed by atoms with Crippen LogP contribution in [-0.2, 0) is 4.74 Å². The highest BCUT2D eigenvalue weighted by molar-refractivity contribution is 5.73. The number of pyridine rings is 1. The second-order valence-corrected chi connectivity index (χ2v) is 10.7. The van der Waals surface area contributed by atoms with Gasteiger partial charge in [-0.05, 0) is 80.0 Å². The number of halogens is 1. The molecule has 0 spiro atoms. The molecule has 2 aromatic rings. The Kier molecular flexibility index (Phi) is 8.96. The lowest BCUT2D eigenvalue weighted by Crippen LogP contribution is -2.47. The Morgan fingerprint density at radius 3 is 2.18 bits per heavy atom. The zero-order valence-corrected chi connectivity index (χ0v) is 22.5. The summed E-state index contributed by atoms with van der Waals surface area (Å²) in [5.41, 5.74) is 2.07. The fourth-order valence-corrected chi connectivity index (χ4v) is 5.85. The number of carbonyl (C=O) groups excluding carboxylic acids is 1. The van der Waals surface area contributed by atoms with Crippen LogP contribution < -0.4 is 20.4 Å². The van der Waals surface area contributed by atoms with Gasteiger partial charge in [0, 0.05) is 52.4 Å². The van der Waals surface area contributed by atoms with Crippen molar-refractivity contribution in [2.75, 3.05) is 75.9 Å². The molecule has 38 heavy (non-hydrogen) atoms. The van der Waals surface area contributed by atoms with E-state index < -0.39 is 0 Å². The van der Waals surface area contributed by atoms with Gasteiger partial charge >= 0.3 is 6.03 Å². The first-order chi connectivity index (χ1) is 18.6. The van der Waals surface area contributed by atoms with Gasteiger partial charge in [0.2, 0.25) is 0 Å². The average Bonchev–Trinajstić information content (AvgIpc) is 2.97. The summed E-state index contributed by atoms with van der Waals surface area (Å²) in [6.07, 6.45) is 5.77. The Hall–Kier alpha value is -2.91. The highest BCUT2D eigenvalue weighted by atomic mass is 19.1. The third-order valence-corrected chi connectivity index (χ3v) is 8.27. The monoisotopic (exact) mass is 524 g/mol. The van der Waals surface area contributed by atoms with E-state index in [1.165, 1.54) is 31.4 Å². The largest absolute Gasteiger partial charge is 0.378 e. The first-order valence-electron chi connectivity index (χ1n) is 14.1. The average molecular weight is 525 g/mol. The molecule has 1 aliphatic carbocycles. The first-order valence-corrected chi connectivity index (χ1v) is 14.1. The van der Waals surface area contributed by atoms with Gasteiger partial charge in [-0.25, -0.2) is 14.2 Å². The van der Waals surface area contributed by atoms with E-state index in [0.717, 1.165) is 87.3 Å². The van der Waals surface area contributed by atoms with Gasteiger partial charge in [0.25, 0.3) is 0 Å². The molecule has 3 aliphatic rings. The van der Waals surface area contributed by atoms with Crippen LogP contribution in [0, 0.1) is 11.7 Å². The van der Waals surface area contributed by atoms with Crippen molar-refractivity contribution in [2.24, 2.45) is 5.92 Å². The second-order valence-electron chi connectivity index (χ2n) is 10.7. The normalized spacial score (nSPS) is 22.8. The van der Waals surface area contributed by atoms with Crippen molar-refractivity contribution in [3.8, 4) is 11.1 Å². The highest BCUT2D eigenvalue weighted by Crippen LogP contribution is 2.30. The van der Waals surface area contributed by atoms with Crippen molar-refractivity contribution in [3.63, 3.8) is 0 Å². The molecule has 206 valence electrons. The third kappa shape index (κ3) is 6.94. The van der Waals surface area contributed by atoms with E-state index >= 15 is 0 Å². The molecule has 9 heteroatoms. The molecule has 1 aromatic carbocycles. The predicted octanol–water partition coefficient (Wildman–Crippen LogP) is 3.72. The number of benzene rings is 1. The molecule has 1 aromatic heterocycles. The minimum atomic E-state index is -0.221. The standard InChI is InChI=1S/C29H41FN6O2/c1-31-29(37)32-26-8-2-22(3-9-26)10-11-34-12-14-35(15-13-34)27-20-24(23-4-6-25(30)7-5-23)21-28(33-27)36-16-18-38-19-17-36/h4-7,20-22,26H,2-3,8-19H2,1H3,(H2,31,32,37). The van der Waals surface area contributed by atoms with Gasteiger partial charge in [-0.2, -0.15) is 0 Å². The van der Waals surface area contributed by atoms with E-state index in [-0.39, 0.29) is 11.8 Å². The van der Waals surface area contributed by atoms with Crippen molar-refractivity contribution >= 4 is 17.7 Å². The number of aromatic nitrogens is 1.